The number of amides is 2. The van der Waals surface area contributed by atoms with Gasteiger partial charge in [0.15, 0.2) is 0 Å². The van der Waals surface area contributed by atoms with Crippen molar-refractivity contribution in [2.24, 2.45) is 0 Å². The average molecular weight is 343 g/mol. The Morgan fingerprint density at radius 1 is 1.12 bits per heavy atom. The number of carbonyl (C=O) groups excluding carboxylic acids is 2. The fraction of sp³-hybridized carbons (Fsp3) is 0.368. The molecule has 2 amide bonds. The van der Waals surface area contributed by atoms with Crippen LogP contribution in [0.15, 0.2) is 53.1 Å². The van der Waals surface area contributed by atoms with Crippen molar-refractivity contribution in [3.05, 3.63) is 60.1 Å². The normalized spacial score (nSPS) is 11.8. The Balaban J connectivity index is 2.02. The van der Waals surface area contributed by atoms with Gasteiger partial charge in [-0.3, -0.25) is 14.9 Å². The summed E-state index contributed by atoms with van der Waals surface area (Å²) in [4.78, 5) is 25.7. The molecule has 6 nitrogen and oxygen atoms in total. The smallest absolute Gasteiger partial charge is 0.239 e. The first-order chi connectivity index (χ1) is 12.2. The van der Waals surface area contributed by atoms with Crippen LogP contribution in [0.3, 0.4) is 0 Å². The molecule has 0 bridgehead atoms. The average Bonchev–Trinajstić information content (AvgIpc) is 3.15. The number of furan rings is 1. The first kappa shape index (κ1) is 18.7. The number of nitrogens with zero attached hydrogens (tertiary/aromatic N) is 1. The zero-order valence-electron chi connectivity index (χ0n) is 14.7. The highest BCUT2D eigenvalue weighted by molar-refractivity contribution is 5.85. The monoisotopic (exact) mass is 343 g/mol. The van der Waals surface area contributed by atoms with E-state index in [2.05, 4.69) is 10.6 Å². The molecule has 25 heavy (non-hydrogen) atoms. The van der Waals surface area contributed by atoms with E-state index in [1.165, 1.54) is 4.90 Å². The molecule has 1 heterocycles. The van der Waals surface area contributed by atoms with Gasteiger partial charge in [-0.2, -0.15) is 0 Å². The third-order valence-electron chi connectivity index (χ3n) is 3.86. The fourth-order valence-corrected chi connectivity index (χ4v) is 2.59. The van der Waals surface area contributed by atoms with Crippen molar-refractivity contribution in [1.29, 1.82) is 0 Å². The van der Waals surface area contributed by atoms with Gasteiger partial charge in [0.1, 0.15) is 5.76 Å². The third-order valence-corrected chi connectivity index (χ3v) is 3.86. The van der Waals surface area contributed by atoms with Crippen LogP contribution in [0.4, 0.5) is 0 Å². The Morgan fingerprint density at radius 2 is 1.88 bits per heavy atom. The molecule has 2 rings (SSSR count). The van der Waals surface area contributed by atoms with Gasteiger partial charge in [0.05, 0.1) is 25.4 Å². The second kappa shape index (κ2) is 9.64. The first-order valence-electron chi connectivity index (χ1n) is 8.51. The van der Waals surface area contributed by atoms with Crippen LogP contribution in [-0.4, -0.2) is 42.9 Å². The number of likely N-dealkylation sites (N-methyl/N-ethyl adjacent to an activating group) is 2. The molecule has 0 fully saturated rings. The Hall–Kier alpha value is -2.60. The van der Waals surface area contributed by atoms with Gasteiger partial charge in [-0.15, -0.1) is 0 Å². The van der Waals surface area contributed by atoms with Crippen LogP contribution in [-0.2, 0) is 9.59 Å². The number of hydrogen-bond acceptors (Lipinski definition) is 4. The highest BCUT2D eigenvalue weighted by atomic mass is 16.3. The lowest BCUT2D eigenvalue weighted by Crippen LogP contribution is -2.44. The maximum absolute atomic E-state index is 12.5. The quantitative estimate of drug-likeness (QED) is 0.730. The molecule has 1 aromatic carbocycles. The Labute approximate surface area is 148 Å². The van der Waals surface area contributed by atoms with Gasteiger partial charge in [-0.1, -0.05) is 30.3 Å². The first-order valence-corrected chi connectivity index (χ1v) is 8.51. The topological polar surface area (TPSA) is 74.6 Å². The molecule has 2 aromatic rings. The minimum Gasteiger partial charge on any atom is -0.467 e. The predicted molar refractivity (Wildman–Crippen MR) is 95.9 cm³/mol. The van der Waals surface area contributed by atoms with Gasteiger partial charge in [0, 0.05) is 13.1 Å². The van der Waals surface area contributed by atoms with Crippen LogP contribution in [0.25, 0.3) is 0 Å². The molecule has 0 saturated carbocycles. The molecule has 0 saturated heterocycles. The van der Waals surface area contributed by atoms with Crippen molar-refractivity contribution in [3.8, 4) is 0 Å². The van der Waals surface area contributed by atoms with Crippen LogP contribution in [0.5, 0.6) is 0 Å². The summed E-state index contributed by atoms with van der Waals surface area (Å²) in [6, 6.07) is 13.3. The van der Waals surface area contributed by atoms with Crippen LogP contribution in [0.2, 0.25) is 0 Å². The van der Waals surface area contributed by atoms with Crippen molar-refractivity contribution >= 4 is 11.8 Å². The van der Waals surface area contributed by atoms with Crippen molar-refractivity contribution in [2.75, 3.05) is 26.2 Å². The van der Waals surface area contributed by atoms with Crippen LogP contribution in [0, 0.1) is 0 Å². The van der Waals surface area contributed by atoms with E-state index in [0.717, 1.165) is 11.3 Å². The number of rotatable bonds is 9. The number of nitrogens with one attached hydrogen (secondary N) is 2. The number of benzene rings is 1. The molecule has 1 aromatic heterocycles. The zero-order chi connectivity index (χ0) is 18.1. The highest BCUT2D eigenvalue weighted by Crippen LogP contribution is 2.22. The summed E-state index contributed by atoms with van der Waals surface area (Å²) in [5.74, 6) is 0.468. The molecule has 0 aliphatic heterocycles. The lowest BCUT2D eigenvalue weighted by molar-refractivity contribution is -0.135. The van der Waals surface area contributed by atoms with E-state index in [-0.39, 0.29) is 30.9 Å². The molecule has 134 valence electrons. The molecule has 6 heteroatoms. The van der Waals surface area contributed by atoms with Crippen LogP contribution >= 0.6 is 0 Å². The van der Waals surface area contributed by atoms with E-state index in [4.69, 9.17) is 4.42 Å². The summed E-state index contributed by atoms with van der Waals surface area (Å²) in [5.41, 5.74) is 1.01. The van der Waals surface area contributed by atoms with Crippen molar-refractivity contribution in [2.45, 2.75) is 19.9 Å². The Morgan fingerprint density at radius 3 is 2.48 bits per heavy atom. The minimum absolute atomic E-state index is 0.0710. The standard InChI is InChI=1S/C19H25N3O3/c1-3-20-17(23)14-22(4-2)18(24)13-21-19(16-11-8-12-25-16)15-9-6-5-7-10-15/h5-12,19,21H,3-4,13-14H2,1-2H3,(H,20,23)/t19-/m0/s1. The van der Waals surface area contributed by atoms with E-state index in [0.29, 0.717) is 13.1 Å². The molecule has 0 unspecified atom stereocenters. The summed E-state index contributed by atoms with van der Waals surface area (Å²) in [6.07, 6.45) is 1.61. The van der Waals surface area contributed by atoms with Crippen LogP contribution < -0.4 is 10.6 Å². The Bertz CT molecular complexity index is 656. The molecule has 2 N–H and O–H groups in total. The van der Waals surface area contributed by atoms with Crippen molar-refractivity contribution < 1.29 is 14.0 Å². The third kappa shape index (κ3) is 5.46. The van der Waals surface area contributed by atoms with E-state index in [1.807, 2.05) is 56.3 Å². The van der Waals surface area contributed by atoms with Crippen molar-refractivity contribution in [1.82, 2.24) is 15.5 Å². The molecular formula is C19H25N3O3. The molecule has 0 aliphatic carbocycles. The molecular weight excluding hydrogens is 318 g/mol. The predicted octanol–water partition coefficient (Wildman–Crippen LogP) is 1.94. The number of hydrogen-bond donors (Lipinski definition) is 2. The SMILES string of the molecule is CCNC(=O)CN(CC)C(=O)CN[C@@H](c1ccccc1)c1ccco1. The lowest BCUT2D eigenvalue weighted by Gasteiger charge is -2.23. The summed E-state index contributed by atoms with van der Waals surface area (Å²) >= 11 is 0. The maximum atomic E-state index is 12.5. The Kier molecular flexibility index (Phi) is 7.22. The highest BCUT2D eigenvalue weighted by Gasteiger charge is 2.20. The molecule has 0 radical (unpaired) electrons. The molecule has 1 atom stereocenters. The van der Waals surface area contributed by atoms with E-state index >= 15 is 0 Å². The van der Waals surface area contributed by atoms with Crippen molar-refractivity contribution in [3.63, 3.8) is 0 Å². The second-order valence-electron chi connectivity index (χ2n) is 5.60. The van der Waals surface area contributed by atoms with Gasteiger partial charge in [-0.25, -0.2) is 0 Å². The van der Waals surface area contributed by atoms with E-state index in [9.17, 15) is 9.59 Å². The fourth-order valence-electron chi connectivity index (χ4n) is 2.59. The van der Waals surface area contributed by atoms with Gasteiger partial charge in [0.2, 0.25) is 11.8 Å². The largest absolute Gasteiger partial charge is 0.467 e. The van der Waals surface area contributed by atoms with E-state index in [1.54, 1.807) is 6.26 Å². The van der Waals surface area contributed by atoms with Crippen LogP contribution in [0.1, 0.15) is 31.2 Å². The lowest BCUT2D eigenvalue weighted by atomic mass is 10.0. The summed E-state index contributed by atoms with van der Waals surface area (Å²) in [5, 5.41) is 5.95. The second-order valence-corrected chi connectivity index (χ2v) is 5.60. The molecule has 0 aliphatic rings. The summed E-state index contributed by atoms with van der Waals surface area (Å²) in [7, 11) is 0. The zero-order valence-corrected chi connectivity index (χ0v) is 14.7. The number of carbonyl (C=O) groups is 2. The van der Waals surface area contributed by atoms with Gasteiger partial charge < -0.3 is 14.6 Å². The van der Waals surface area contributed by atoms with Gasteiger partial charge >= 0.3 is 0 Å². The minimum atomic E-state index is -0.219. The van der Waals surface area contributed by atoms with Gasteiger partial charge in [-0.05, 0) is 31.5 Å². The van der Waals surface area contributed by atoms with Gasteiger partial charge in [0.25, 0.3) is 0 Å². The summed E-state index contributed by atoms with van der Waals surface area (Å²) in [6.45, 7) is 4.94. The van der Waals surface area contributed by atoms with E-state index < -0.39 is 0 Å². The molecule has 0 spiro atoms. The summed E-state index contributed by atoms with van der Waals surface area (Å²) < 4.78 is 5.51. The maximum Gasteiger partial charge on any atom is 0.239 e.